The van der Waals surface area contributed by atoms with Crippen LogP contribution in [0.3, 0.4) is 0 Å². The molecule has 0 bridgehead atoms. The number of methoxy groups -OCH3 is 1. The molecule has 100 valence electrons. The quantitative estimate of drug-likeness (QED) is 0.798. The summed E-state index contributed by atoms with van der Waals surface area (Å²) in [7, 11) is 1.53. The first-order chi connectivity index (χ1) is 9.31. The molecule has 0 aliphatic carbocycles. The molecule has 2 heterocycles. The van der Waals surface area contributed by atoms with Crippen LogP contribution in [0.4, 0.5) is 5.95 Å². The van der Waals surface area contributed by atoms with Gasteiger partial charge in [-0.05, 0) is 24.2 Å². The lowest BCUT2D eigenvalue weighted by Gasteiger charge is -2.06. The Morgan fingerprint density at radius 2 is 2.21 bits per heavy atom. The molecular formula is C11H14N6OS. The summed E-state index contributed by atoms with van der Waals surface area (Å²) in [6.45, 7) is 2.87. The van der Waals surface area contributed by atoms with Crippen molar-refractivity contribution in [2.45, 2.75) is 23.5 Å². The topological polar surface area (TPSA) is 85.7 Å². The maximum Gasteiger partial charge on any atom is 0.321 e. The summed E-state index contributed by atoms with van der Waals surface area (Å²) in [6.07, 6.45) is 4.14. The summed E-state index contributed by atoms with van der Waals surface area (Å²) in [4.78, 5) is 20.6. The van der Waals surface area contributed by atoms with Gasteiger partial charge in [-0.25, -0.2) is 9.97 Å². The highest BCUT2D eigenvalue weighted by Crippen LogP contribution is 2.23. The van der Waals surface area contributed by atoms with Crippen molar-refractivity contribution in [3.05, 3.63) is 18.6 Å². The molecule has 1 N–H and O–H groups in total. The van der Waals surface area contributed by atoms with Gasteiger partial charge in [0.25, 0.3) is 0 Å². The Balaban J connectivity index is 2.19. The molecule has 0 spiro atoms. The monoisotopic (exact) mass is 278 g/mol. The second-order valence-electron chi connectivity index (χ2n) is 3.50. The fraction of sp³-hybridized carbons (Fsp3) is 0.364. The van der Waals surface area contributed by atoms with Crippen LogP contribution in [0.25, 0.3) is 0 Å². The molecule has 19 heavy (non-hydrogen) atoms. The average Bonchev–Trinajstić information content (AvgIpc) is 2.46. The first kappa shape index (κ1) is 13.5. The van der Waals surface area contributed by atoms with Gasteiger partial charge >= 0.3 is 6.01 Å². The molecule has 8 heteroatoms. The SMILES string of the molecule is CCCNc1nc(OC)nc(Sc2ccncn2)n1. The Morgan fingerprint density at radius 3 is 2.89 bits per heavy atom. The summed E-state index contributed by atoms with van der Waals surface area (Å²) in [6, 6.07) is 2.07. The van der Waals surface area contributed by atoms with Crippen molar-refractivity contribution in [1.29, 1.82) is 0 Å². The van der Waals surface area contributed by atoms with Crippen LogP contribution in [0.15, 0.2) is 28.8 Å². The van der Waals surface area contributed by atoms with Crippen molar-refractivity contribution in [3.63, 3.8) is 0 Å². The normalized spacial score (nSPS) is 10.2. The standard InChI is InChI=1S/C11H14N6OS/c1-3-5-13-9-15-10(18-2)17-11(16-9)19-8-4-6-12-7-14-8/h4,6-7H,3,5H2,1-2H3,(H,13,15,16,17). The predicted octanol–water partition coefficient (Wildman–Crippen LogP) is 1.64. The minimum absolute atomic E-state index is 0.283. The van der Waals surface area contributed by atoms with Crippen LogP contribution in [0.2, 0.25) is 0 Å². The maximum absolute atomic E-state index is 5.06. The summed E-state index contributed by atoms with van der Waals surface area (Å²) in [5.41, 5.74) is 0. The van der Waals surface area contributed by atoms with Gasteiger partial charge in [0.05, 0.1) is 7.11 Å². The van der Waals surface area contributed by atoms with Gasteiger partial charge in [0, 0.05) is 12.7 Å². The third-order valence-electron chi connectivity index (χ3n) is 2.06. The molecule has 7 nitrogen and oxygen atoms in total. The molecule has 0 atom stereocenters. The van der Waals surface area contributed by atoms with E-state index in [0.717, 1.165) is 18.0 Å². The maximum atomic E-state index is 5.06. The smallest absolute Gasteiger partial charge is 0.321 e. The second kappa shape index (κ2) is 6.83. The van der Waals surface area contributed by atoms with Crippen molar-refractivity contribution in [2.75, 3.05) is 19.0 Å². The first-order valence-corrected chi connectivity index (χ1v) is 6.61. The van der Waals surface area contributed by atoms with Gasteiger partial charge in [-0.2, -0.15) is 15.0 Å². The van der Waals surface area contributed by atoms with Gasteiger partial charge in [-0.15, -0.1) is 0 Å². The molecule has 0 aliphatic heterocycles. The lowest BCUT2D eigenvalue weighted by Crippen LogP contribution is -2.07. The van der Waals surface area contributed by atoms with Crippen LogP contribution < -0.4 is 10.1 Å². The molecule has 0 saturated heterocycles. The van der Waals surface area contributed by atoms with Crippen molar-refractivity contribution < 1.29 is 4.74 Å². The van der Waals surface area contributed by atoms with Crippen LogP contribution in [-0.4, -0.2) is 38.6 Å². The van der Waals surface area contributed by atoms with Gasteiger partial charge in [0.1, 0.15) is 11.4 Å². The molecule has 0 unspecified atom stereocenters. The lowest BCUT2D eigenvalue weighted by molar-refractivity contribution is 0.373. The lowest BCUT2D eigenvalue weighted by atomic mass is 10.5. The Morgan fingerprint density at radius 1 is 1.32 bits per heavy atom. The highest BCUT2D eigenvalue weighted by atomic mass is 32.2. The minimum Gasteiger partial charge on any atom is -0.467 e. The van der Waals surface area contributed by atoms with E-state index in [9.17, 15) is 0 Å². The number of hydrogen-bond donors (Lipinski definition) is 1. The van der Waals surface area contributed by atoms with Crippen molar-refractivity contribution in [1.82, 2.24) is 24.9 Å². The number of ether oxygens (including phenoxy) is 1. The molecule has 0 radical (unpaired) electrons. The summed E-state index contributed by atoms with van der Waals surface area (Å²) < 4.78 is 5.06. The van der Waals surface area contributed by atoms with Crippen LogP contribution in [0.1, 0.15) is 13.3 Å². The molecule has 0 saturated carbocycles. The van der Waals surface area contributed by atoms with E-state index >= 15 is 0 Å². The number of aromatic nitrogens is 5. The minimum atomic E-state index is 0.283. The third kappa shape index (κ3) is 4.02. The largest absolute Gasteiger partial charge is 0.467 e. The fourth-order valence-electron chi connectivity index (χ4n) is 1.22. The summed E-state index contributed by atoms with van der Waals surface area (Å²) in [5.74, 6) is 0.505. The number of anilines is 1. The van der Waals surface area contributed by atoms with E-state index in [1.54, 1.807) is 12.3 Å². The Kier molecular flexibility index (Phi) is 4.85. The van der Waals surface area contributed by atoms with E-state index in [2.05, 4.69) is 37.2 Å². The van der Waals surface area contributed by atoms with Crippen molar-refractivity contribution >= 4 is 17.7 Å². The second-order valence-corrected chi connectivity index (χ2v) is 4.49. The van der Waals surface area contributed by atoms with E-state index in [0.29, 0.717) is 11.1 Å². The van der Waals surface area contributed by atoms with Crippen LogP contribution in [0, 0.1) is 0 Å². The van der Waals surface area contributed by atoms with Gasteiger partial charge in [-0.1, -0.05) is 6.92 Å². The van der Waals surface area contributed by atoms with Crippen molar-refractivity contribution in [2.24, 2.45) is 0 Å². The molecule has 0 amide bonds. The summed E-state index contributed by atoms with van der Waals surface area (Å²) >= 11 is 1.33. The van der Waals surface area contributed by atoms with Gasteiger partial charge < -0.3 is 10.1 Å². The Hall–Kier alpha value is -1.96. The highest BCUT2D eigenvalue weighted by Gasteiger charge is 2.08. The van der Waals surface area contributed by atoms with E-state index in [1.165, 1.54) is 25.2 Å². The number of nitrogens with one attached hydrogen (secondary N) is 1. The van der Waals surface area contributed by atoms with E-state index in [-0.39, 0.29) is 6.01 Å². The molecule has 2 aromatic heterocycles. The zero-order valence-corrected chi connectivity index (χ0v) is 11.5. The van der Waals surface area contributed by atoms with Gasteiger partial charge in [0.2, 0.25) is 11.1 Å². The van der Waals surface area contributed by atoms with E-state index < -0.39 is 0 Å². The molecule has 2 aromatic rings. The Bertz CT molecular complexity index is 524. The zero-order valence-electron chi connectivity index (χ0n) is 10.7. The summed E-state index contributed by atoms with van der Waals surface area (Å²) in [5, 5.41) is 4.41. The van der Waals surface area contributed by atoms with E-state index in [1.807, 2.05) is 0 Å². The fourth-order valence-corrected chi connectivity index (χ4v) is 1.89. The highest BCUT2D eigenvalue weighted by molar-refractivity contribution is 7.99. The van der Waals surface area contributed by atoms with Crippen LogP contribution in [0.5, 0.6) is 6.01 Å². The number of nitrogens with zero attached hydrogens (tertiary/aromatic N) is 5. The van der Waals surface area contributed by atoms with Gasteiger partial charge in [0.15, 0.2) is 0 Å². The molecule has 0 aliphatic rings. The average molecular weight is 278 g/mol. The van der Waals surface area contributed by atoms with Crippen LogP contribution in [-0.2, 0) is 0 Å². The zero-order chi connectivity index (χ0) is 13.5. The number of rotatable bonds is 6. The predicted molar refractivity (Wildman–Crippen MR) is 71.3 cm³/mol. The molecular weight excluding hydrogens is 264 g/mol. The van der Waals surface area contributed by atoms with Gasteiger partial charge in [-0.3, -0.25) is 0 Å². The molecule has 2 rings (SSSR count). The number of hydrogen-bond acceptors (Lipinski definition) is 8. The molecule has 0 fully saturated rings. The van der Waals surface area contributed by atoms with E-state index in [4.69, 9.17) is 4.74 Å². The molecule has 0 aromatic carbocycles. The van der Waals surface area contributed by atoms with Crippen LogP contribution >= 0.6 is 11.8 Å². The van der Waals surface area contributed by atoms with Crippen molar-refractivity contribution in [3.8, 4) is 6.01 Å². The Labute approximate surface area is 115 Å². The third-order valence-corrected chi connectivity index (χ3v) is 2.88. The first-order valence-electron chi connectivity index (χ1n) is 5.79.